The van der Waals surface area contributed by atoms with Crippen molar-refractivity contribution in [3.63, 3.8) is 0 Å². The number of aliphatic hydroxyl groups excluding tert-OH is 1. The molecule has 1 aromatic rings. The minimum Gasteiger partial charge on any atom is -0.493 e. The molecule has 0 saturated heterocycles. The molecule has 0 fully saturated rings. The highest BCUT2D eigenvalue weighted by Gasteiger charge is 2.05. The number of ether oxygens (including phenoxy) is 1. The van der Waals surface area contributed by atoms with Crippen molar-refractivity contribution in [3.8, 4) is 5.75 Å². The molecule has 1 rings (SSSR count). The average Bonchev–Trinajstić information content (AvgIpc) is 2.23. The van der Waals surface area contributed by atoms with Crippen LogP contribution in [0.2, 0.25) is 0 Å². The van der Waals surface area contributed by atoms with Crippen LogP contribution < -0.4 is 10.1 Å². The van der Waals surface area contributed by atoms with Crippen molar-refractivity contribution in [1.82, 2.24) is 5.32 Å². The molecule has 3 heteroatoms. The Balaban J connectivity index is 2.71. The highest BCUT2D eigenvalue weighted by atomic mass is 16.5. The molecule has 0 saturated carbocycles. The minimum absolute atomic E-state index is 0.162. The van der Waals surface area contributed by atoms with E-state index in [0.29, 0.717) is 13.2 Å². The van der Waals surface area contributed by atoms with E-state index < -0.39 is 0 Å². The average molecular weight is 209 g/mol. The van der Waals surface area contributed by atoms with Crippen molar-refractivity contribution in [3.05, 3.63) is 29.3 Å². The summed E-state index contributed by atoms with van der Waals surface area (Å²) in [6.07, 6.45) is 0. The van der Waals surface area contributed by atoms with Gasteiger partial charge in [-0.15, -0.1) is 0 Å². The monoisotopic (exact) mass is 209 g/mol. The molecular weight excluding hydrogens is 190 g/mol. The van der Waals surface area contributed by atoms with Crippen LogP contribution in [-0.4, -0.2) is 24.9 Å². The van der Waals surface area contributed by atoms with Crippen LogP contribution >= 0.6 is 0 Å². The highest BCUT2D eigenvalue weighted by Crippen LogP contribution is 2.23. The lowest BCUT2D eigenvalue weighted by Crippen LogP contribution is -2.18. The smallest absolute Gasteiger partial charge is 0.126 e. The molecule has 0 aromatic heterocycles. The summed E-state index contributed by atoms with van der Waals surface area (Å²) >= 11 is 0. The summed E-state index contributed by atoms with van der Waals surface area (Å²) < 4.78 is 5.60. The lowest BCUT2D eigenvalue weighted by Gasteiger charge is -2.13. The van der Waals surface area contributed by atoms with Crippen LogP contribution in [0.4, 0.5) is 0 Å². The largest absolute Gasteiger partial charge is 0.493 e. The van der Waals surface area contributed by atoms with Gasteiger partial charge in [0.05, 0.1) is 13.2 Å². The third kappa shape index (κ3) is 3.53. The molecular formula is C12H19NO2. The Hall–Kier alpha value is -1.06. The number of aryl methyl sites for hydroxylation is 1. The zero-order chi connectivity index (χ0) is 11.1. The number of hydrogen-bond donors (Lipinski definition) is 2. The number of hydrogen-bond acceptors (Lipinski definition) is 3. The molecule has 15 heavy (non-hydrogen) atoms. The Bertz CT molecular complexity index is 300. The molecule has 0 amide bonds. The Kier molecular flexibility index (Phi) is 5.15. The summed E-state index contributed by atoms with van der Waals surface area (Å²) in [6, 6.07) is 6.11. The van der Waals surface area contributed by atoms with Gasteiger partial charge in [-0.2, -0.15) is 0 Å². The Morgan fingerprint density at radius 3 is 2.87 bits per heavy atom. The third-order valence-electron chi connectivity index (χ3n) is 2.19. The van der Waals surface area contributed by atoms with E-state index >= 15 is 0 Å². The van der Waals surface area contributed by atoms with E-state index in [4.69, 9.17) is 9.84 Å². The summed E-state index contributed by atoms with van der Waals surface area (Å²) in [5.41, 5.74) is 2.30. The van der Waals surface area contributed by atoms with E-state index in [0.717, 1.165) is 23.4 Å². The number of rotatable bonds is 6. The van der Waals surface area contributed by atoms with Crippen LogP contribution in [0.3, 0.4) is 0 Å². The van der Waals surface area contributed by atoms with Crippen LogP contribution in [0.15, 0.2) is 18.2 Å². The molecule has 0 unspecified atom stereocenters. The van der Waals surface area contributed by atoms with E-state index in [2.05, 4.69) is 5.32 Å². The van der Waals surface area contributed by atoms with E-state index in [1.54, 1.807) is 0 Å². The van der Waals surface area contributed by atoms with Gasteiger partial charge >= 0.3 is 0 Å². The Morgan fingerprint density at radius 2 is 2.20 bits per heavy atom. The van der Waals surface area contributed by atoms with Gasteiger partial charge < -0.3 is 15.2 Å². The van der Waals surface area contributed by atoms with E-state index in [9.17, 15) is 0 Å². The first-order valence-corrected chi connectivity index (χ1v) is 5.32. The first kappa shape index (κ1) is 12.0. The fraction of sp³-hybridized carbons (Fsp3) is 0.500. The first-order chi connectivity index (χ1) is 7.29. The molecule has 0 radical (unpaired) electrons. The van der Waals surface area contributed by atoms with Crippen molar-refractivity contribution in [2.24, 2.45) is 0 Å². The van der Waals surface area contributed by atoms with E-state index in [-0.39, 0.29) is 6.61 Å². The first-order valence-electron chi connectivity index (χ1n) is 5.32. The predicted molar refractivity (Wildman–Crippen MR) is 61.1 cm³/mol. The summed E-state index contributed by atoms with van der Waals surface area (Å²) in [4.78, 5) is 0. The van der Waals surface area contributed by atoms with Crippen LogP contribution in [0.25, 0.3) is 0 Å². The summed E-state index contributed by atoms with van der Waals surface area (Å²) in [6.45, 7) is 6.21. The standard InChI is InChI=1S/C12H19NO2/c1-3-15-12-10(2)5-4-6-11(12)9-13-7-8-14/h4-6,13-14H,3,7-9H2,1-2H3. The number of aliphatic hydroxyl groups is 1. The molecule has 0 atom stereocenters. The van der Waals surface area contributed by atoms with Gasteiger partial charge in [0.2, 0.25) is 0 Å². The molecule has 1 aromatic carbocycles. The van der Waals surface area contributed by atoms with Crippen molar-refractivity contribution in [2.45, 2.75) is 20.4 Å². The predicted octanol–water partition coefficient (Wildman–Crippen LogP) is 1.48. The van der Waals surface area contributed by atoms with Gasteiger partial charge in [0.15, 0.2) is 0 Å². The van der Waals surface area contributed by atoms with Crippen molar-refractivity contribution < 1.29 is 9.84 Å². The maximum atomic E-state index is 8.68. The Morgan fingerprint density at radius 1 is 1.40 bits per heavy atom. The van der Waals surface area contributed by atoms with Crippen molar-refractivity contribution in [2.75, 3.05) is 19.8 Å². The SMILES string of the molecule is CCOc1c(C)cccc1CNCCO. The van der Waals surface area contributed by atoms with Gasteiger partial charge in [-0.3, -0.25) is 0 Å². The minimum atomic E-state index is 0.162. The van der Waals surface area contributed by atoms with Crippen LogP contribution in [-0.2, 0) is 6.54 Å². The molecule has 0 spiro atoms. The van der Waals surface area contributed by atoms with Gasteiger partial charge in [0.1, 0.15) is 5.75 Å². The highest BCUT2D eigenvalue weighted by molar-refractivity contribution is 5.40. The summed E-state index contributed by atoms with van der Waals surface area (Å²) in [5.74, 6) is 0.963. The number of para-hydroxylation sites is 1. The van der Waals surface area contributed by atoms with Crippen molar-refractivity contribution >= 4 is 0 Å². The van der Waals surface area contributed by atoms with Gasteiger partial charge in [0, 0.05) is 18.7 Å². The van der Waals surface area contributed by atoms with Gasteiger partial charge in [-0.05, 0) is 19.4 Å². The fourth-order valence-electron chi connectivity index (χ4n) is 1.51. The second-order valence-electron chi connectivity index (χ2n) is 3.40. The van der Waals surface area contributed by atoms with Crippen LogP contribution in [0.5, 0.6) is 5.75 Å². The van der Waals surface area contributed by atoms with Gasteiger partial charge in [0.25, 0.3) is 0 Å². The molecule has 0 heterocycles. The fourth-order valence-corrected chi connectivity index (χ4v) is 1.51. The molecule has 84 valence electrons. The zero-order valence-corrected chi connectivity index (χ0v) is 9.42. The summed E-state index contributed by atoms with van der Waals surface area (Å²) in [7, 11) is 0. The zero-order valence-electron chi connectivity index (χ0n) is 9.42. The molecule has 0 aliphatic heterocycles. The lowest BCUT2D eigenvalue weighted by molar-refractivity contribution is 0.290. The quantitative estimate of drug-likeness (QED) is 0.697. The second-order valence-corrected chi connectivity index (χ2v) is 3.40. The number of nitrogens with one attached hydrogen (secondary N) is 1. The van der Waals surface area contributed by atoms with E-state index in [1.165, 1.54) is 0 Å². The molecule has 0 aliphatic carbocycles. The molecule has 0 bridgehead atoms. The normalized spacial score (nSPS) is 10.3. The molecule has 3 nitrogen and oxygen atoms in total. The summed E-state index contributed by atoms with van der Waals surface area (Å²) in [5, 5.41) is 11.8. The maximum Gasteiger partial charge on any atom is 0.126 e. The molecule has 2 N–H and O–H groups in total. The van der Waals surface area contributed by atoms with Gasteiger partial charge in [-0.25, -0.2) is 0 Å². The second kappa shape index (κ2) is 6.43. The molecule has 0 aliphatic rings. The topological polar surface area (TPSA) is 41.5 Å². The Labute approximate surface area is 91.1 Å². The third-order valence-corrected chi connectivity index (χ3v) is 2.19. The maximum absolute atomic E-state index is 8.68. The van der Waals surface area contributed by atoms with Crippen LogP contribution in [0.1, 0.15) is 18.1 Å². The van der Waals surface area contributed by atoms with E-state index in [1.807, 2.05) is 32.0 Å². The van der Waals surface area contributed by atoms with Crippen molar-refractivity contribution in [1.29, 1.82) is 0 Å². The number of benzene rings is 1. The van der Waals surface area contributed by atoms with Gasteiger partial charge in [-0.1, -0.05) is 18.2 Å². The van der Waals surface area contributed by atoms with Crippen LogP contribution in [0, 0.1) is 6.92 Å². The lowest BCUT2D eigenvalue weighted by atomic mass is 10.1.